The molecular weight excluding hydrogens is 727 g/mol. The van der Waals surface area contributed by atoms with Crippen molar-refractivity contribution in [3.8, 4) is 0 Å². The Hall–Kier alpha value is -6.16. The van der Waals surface area contributed by atoms with Crippen molar-refractivity contribution < 1.29 is 67.4 Å². The molecule has 288 valence electrons. The van der Waals surface area contributed by atoms with Crippen LogP contribution in [0.3, 0.4) is 0 Å². The fraction of sp³-hybridized carbons (Fsp3) is 0.303. The Labute approximate surface area is 302 Å². The zero-order valence-electron chi connectivity index (χ0n) is 28.0. The van der Waals surface area contributed by atoms with Crippen LogP contribution in [-0.4, -0.2) is 113 Å². The van der Waals surface area contributed by atoms with Crippen LogP contribution in [0.25, 0.3) is 11.0 Å². The van der Waals surface area contributed by atoms with E-state index < -0.39 is 67.1 Å². The minimum Gasteiger partial charge on any atom is -0.479 e. The number of fused-ring (bicyclic) bond motifs is 1. The number of carboxylic acid groups (broad SMARTS) is 2. The maximum atomic E-state index is 13.8. The van der Waals surface area contributed by atoms with E-state index in [1.54, 1.807) is 60.7 Å². The van der Waals surface area contributed by atoms with Gasteiger partial charge < -0.3 is 50.6 Å². The average molecular weight is 762 g/mol. The fourth-order valence-corrected chi connectivity index (χ4v) is 5.07. The molecule has 0 saturated carbocycles. The molecule has 54 heavy (non-hydrogen) atoms. The highest BCUT2D eigenvalue weighted by Crippen LogP contribution is 2.25. The molecule has 3 heterocycles. The number of benzene rings is 2. The summed E-state index contributed by atoms with van der Waals surface area (Å²) >= 11 is 0. The summed E-state index contributed by atoms with van der Waals surface area (Å²) in [5.74, 6) is -4.97. The number of aliphatic hydroxyl groups excluding tert-OH is 3. The molecular formula is C33H34F3N7O11. The monoisotopic (exact) mass is 761 g/mol. The number of nitrogens with one attached hydrogen (secondary N) is 2. The topological polar surface area (TPSA) is 284 Å². The third-order valence-corrected chi connectivity index (χ3v) is 7.89. The SMILES string of the molecule is Cn1c(CNc2ccc(C(=N)N)cc2)nc2cc(C(=O)N(CCC(=O)O[C@H]3[C@H](O)[C@@H](O)C(O)O[C@@H]3C(=O)O)c3ccccn3)ccc21.O=C(O)C(F)(F)F. The van der Waals surface area contributed by atoms with Gasteiger partial charge in [-0.05, 0) is 54.6 Å². The van der Waals surface area contributed by atoms with Gasteiger partial charge in [-0.25, -0.2) is 19.6 Å². The van der Waals surface area contributed by atoms with E-state index in [-0.39, 0.29) is 23.8 Å². The third kappa shape index (κ3) is 9.83. The molecule has 2 aromatic heterocycles. The highest BCUT2D eigenvalue weighted by atomic mass is 19.4. The normalized spacial score (nSPS) is 19.6. The predicted octanol–water partition coefficient (Wildman–Crippen LogP) is 0.970. The molecule has 1 saturated heterocycles. The lowest BCUT2D eigenvalue weighted by Crippen LogP contribution is -2.61. The zero-order valence-corrected chi connectivity index (χ0v) is 28.0. The number of amides is 1. The van der Waals surface area contributed by atoms with E-state index in [0.717, 1.165) is 11.2 Å². The van der Waals surface area contributed by atoms with Crippen LogP contribution in [0.15, 0.2) is 66.9 Å². The molecule has 4 aromatic rings. The second-order valence-electron chi connectivity index (χ2n) is 11.6. The van der Waals surface area contributed by atoms with E-state index in [1.807, 2.05) is 11.6 Å². The highest BCUT2D eigenvalue weighted by Gasteiger charge is 2.49. The summed E-state index contributed by atoms with van der Waals surface area (Å²) in [5, 5.41) is 57.2. The number of hydrogen-bond acceptors (Lipinski definition) is 13. The molecule has 0 aliphatic carbocycles. The van der Waals surface area contributed by atoms with Gasteiger partial charge in [-0.1, -0.05) is 6.07 Å². The van der Waals surface area contributed by atoms with E-state index in [4.69, 9.17) is 35.5 Å². The van der Waals surface area contributed by atoms with Crippen LogP contribution < -0.4 is 16.0 Å². The number of alkyl halides is 3. The summed E-state index contributed by atoms with van der Waals surface area (Å²) in [7, 11) is 1.85. The lowest BCUT2D eigenvalue weighted by Gasteiger charge is -2.38. The number of aromatic nitrogens is 3. The summed E-state index contributed by atoms with van der Waals surface area (Å²) in [6.07, 6.45) is -13.6. The lowest BCUT2D eigenvalue weighted by atomic mass is 9.98. The Morgan fingerprint density at radius 2 is 1.67 bits per heavy atom. The van der Waals surface area contributed by atoms with Gasteiger partial charge in [-0.15, -0.1) is 0 Å². The number of ether oxygens (including phenoxy) is 2. The maximum absolute atomic E-state index is 13.8. The van der Waals surface area contributed by atoms with Crippen LogP contribution in [0.2, 0.25) is 0 Å². The van der Waals surface area contributed by atoms with Crippen molar-refractivity contribution in [2.24, 2.45) is 12.8 Å². The molecule has 21 heteroatoms. The number of nitrogen functional groups attached to an aromatic ring is 1. The summed E-state index contributed by atoms with van der Waals surface area (Å²) in [4.78, 5) is 57.3. The number of pyridine rings is 1. The number of anilines is 2. The van der Waals surface area contributed by atoms with Crippen molar-refractivity contribution in [1.82, 2.24) is 14.5 Å². The Balaban J connectivity index is 0.000000845. The minimum absolute atomic E-state index is 0.0238. The number of aryl methyl sites for hydroxylation is 1. The van der Waals surface area contributed by atoms with Gasteiger partial charge in [0.05, 0.1) is 24.0 Å². The molecule has 0 bridgehead atoms. The van der Waals surface area contributed by atoms with Gasteiger partial charge in [0, 0.05) is 36.6 Å². The van der Waals surface area contributed by atoms with Gasteiger partial charge >= 0.3 is 24.1 Å². The van der Waals surface area contributed by atoms with Crippen LogP contribution >= 0.6 is 0 Å². The molecule has 18 nitrogen and oxygen atoms in total. The summed E-state index contributed by atoms with van der Waals surface area (Å²) in [6, 6.07) is 17.0. The van der Waals surface area contributed by atoms with E-state index >= 15 is 0 Å². The Kier molecular flexibility index (Phi) is 12.9. The Morgan fingerprint density at radius 1 is 1.02 bits per heavy atom. The smallest absolute Gasteiger partial charge is 0.479 e. The number of hydrogen-bond donors (Lipinski definition) is 8. The second-order valence-corrected chi connectivity index (χ2v) is 11.6. The van der Waals surface area contributed by atoms with Gasteiger partial charge in [-0.3, -0.25) is 19.9 Å². The van der Waals surface area contributed by atoms with E-state index in [0.29, 0.717) is 23.4 Å². The molecule has 1 amide bonds. The highest BCUT2D eigenvalue weighted by molar-refractivity contribution is 6.07. The van der Waals surface area contributed by atoms with E-state index in [1.165, 1.54) is 11.1 Å². The van der Waals surface area contributed by atoms with Crippen LogP contribution in [0, 0.1) is 5.41 Å². The number of rotatable bonds is 11. The zero-order chi connectivity index (χ0) is 39.9. The number of aliphatic hydroxyl groups is 3. The minimum atomic E-state index is -5.08. The first-order valence-electron chi connectivity index (χ1n) is 15.7. The number of nitrogens with zero attached hydrogens (tertiary/aromatic N) is 4. The van der Waals surface area contributed by atoms with Gasteiger partial charge in [0.15, 0.2) is 18.5 Å². The number of carbonyl (C=O) groups excluding carboxylic acids is 2. The standard InChI is InChI=1S/C31H33N7O9.C2HF3O2/c1-37-20-10-7-17(14-19(20)36-22(37)15-35-18-8-5-16(6-9-18)28(32)33)29(42)38(21-4-2-3-12-34-21)13-11-23(39)46-26-24(40)25(41)31(45)47-27(26)30(43)44;3-2(4,5)1(6)7/h2-10,12,14,24-27,31,35,40-41,45H,11,13,15H2,1H3,(H3,32,33)(H,43,44);(H,6,7)/t24-,25-,26+,27+,31?;/m1./s1. The molecule has 1 fully saturated rings. The Morgan fingerprint density at radius 3 is 2.24 bits per heavy atom. The molecule has 1 unspecified atom stereocenters. The van der Waals surface area contributed by atoms with Crippen LogP contribution in [-0.2, 0) is 37.4 Å². The summed E-state index contributed by atoms with van der Waals surface area (Å²) in [5.41, 5.74) is 8.51. The summed E-state index contributed by atoms with van der Waals surface area (Å²) < 4.78 is 43.6. The van der Waals surface area contributed by atoms with E-state index in [9.17, 15) is 48.0 Å². The number of esters is 1. The first-order chi connectivity index (χ1) is 25.4. The number of aliphatic carboxylic acids is 2. The predicted molar refractivity (Wildman–Crippen MR) is 180 cm³/mol. The number of imidazole rings is 1. The quantitative estimate of drug-likeness (QED) is 0.0601. The second kappa shape index (κ2) is 17.1. The molecule has 5 atom stereocenters. The van der Waals surface area contributed by atoms with Crippen molar-refractivity contribution in [3.05, 3.63) is 83.8 Å². The number of carbonyl (C=O) groups is 4. The lowest BCUT2D eigenvalue weighted by molar-refractivity contribution is -0.283. The van der Waals surface area contributed by atoms with Crippen molar-refractivity contribution in [2.75, 3.05) is 16.8 Å². The van der Waals surface area contributed by atoms with Gasteiger partial charge in [0.1, 0.15) is 29.7 Å². The van der Waals surface area contributed by atoms with Crippen molar-refractivity contribution >= 4 is 52.2 Å². The first-order valence-corrected chi connectivity index (χ1v) is 15.7. The molecule has 1 aliphatic rings. The molecule has 9 N–H and O–H groups in total. The number of amidine groups is 1. The van der Waals surface area contributed by atoms with Crippen LogP contribution in [0.5, 0.6) is 0 Å². The fourth-order valence-electron chi connectivity index (χ4n) is 5.07. The molecule has 1 aliphatic heterocycles. The van der Waals surface area contributed by atoms with Crippen molar-refractivity contribution in [1.29, 1.82) is 5.41 Å². The van der Waals surface area contributed by atoms with Crippen molar-refractivity contribution in [2.45, 2.75) is 49.8 Å². The van der Waals surface area contributed by atoms with Gasteiger partial charge in [-0.2, -0.15) is 13.2 Å². The molecule has 5 rings (SSSR count). The summed E-state index contributed by atoms with van der Waals surface area (Å²) in [6.45, 7) is 0.134. The average Bonchev–Trinajstić information content (AvgIpc) is 3.45. The molecule has 2 aromatic carbocycles. The molecule has 0 radical (unpaired) electrons. The number of carboxylic acids is 2. The molecule has 0 spiro atoms. The van der Waals surface area contributed by atoms with E-state index in [2.05, 4.69) is 10.3 Å². The number of nitrogens with two attached hydrogens (primary N) is 1. The van der Waals surface area contributed by atoms with Gasteiger partial charge in [0.2, 0.25) is 0 Å². The maximum Gasteiger partial charge on any atom is 0.490 e. The van der Waals surface area contributed by atoms with Gasteiger partial charge in [0.25, 0.3) is 5.91 Å². The third-order valence-electron chi connectivity index (χ3n) is 7.89. The van der Waals surface area contributed by atoms with Crippen LogP contribution in [0.1, 0.15) is 28.2 Å². The Bertz CT molecular complexity index is 2000. The van der Waals surface area contributed by atoms with Crippen LogP contribution in [0.4, 0.5) is 24.7 Å². The van der Waals surface area contributed by atoms with Crippen molar-refractivity contribution in [3.63, 3.8) is 0 Å². The largest absolute Gasteiger partial charge is 0.490 e. The first kappa shape index (κ1) is 40.6. The number of halogens is 3.